The average Bonchev–Trinajstić information content (AvgIpc) is 2.53. The van der Waals surface area contributed by atoms with Gasteiger partial charge in [0.2, 0.25) is 0 Å². The first-order chi connectivity index (χ1) is 5.75. The molecule has 0 aromatic rings. The zero-order valence-electron chi connectivity index (χ0n) is 8.94. The minimum atomic E-state index is -0.140. The van der Waals surface area contributed by atoms with Gasteiger partial charge in [0.15, 0.2) is 0 Å². The predicted molar refractivity (Wildman–Crippen MR) is 61.5 cm³/mol. The van der Waals surface area contributed by atoms with Gasteiger partial charge >= 0.3 is 0 Å². The van der Waals surface area contributed by atoms with Gasteiger partial charge in [-0.25, -0.2) is 10.0 Å². The minimum absolute atomic E-state index is 0.140. The van der Waals surface area contributed by atoms with Crippen LogP contribution < -0.4 is 0 Å². The van der Waals surface area contributed by atoms with Crippen LogP contribution in [-0.4, -0.2) is 22.5 Å². The Hall–Kier alpha value is 0.350. The molecule has 1 heterocycles. The highest BCUT2D eigenvalue weighted by atomic mass is 32.3. The van der Waals surface area contributed by atoms with Crippen molar-refractivity contribution >= 4 is 10.0 Å². The zero-order valence-corrected chi connectivity index (χ0v) is 9.75. The summed E-state index contributed by atoms with van der Waals surface area (Å²) in [5, 5.41) is 1.04. The lowest BCUT2D eigenvalue weighted by molar-refractivity contribution is 0.883. The van der Waals surface area contributed by atoms with Crippen molar-refractivity contribution in [3.05, 3.63) is 0 Å². The highest BCUT2D eigenvalue weighted by Gasteiger charge is 2.31. The molecule has 0 saturated carbocycles. The Morgan fingerprint density at radius 1 is 1.17 bits per heavy atom. The van der Waals surface area contributed by atoms with Crippen molar-refractivity contribution in [1.82, 2.24) is 0 Å². The molecule has 1 saturated heterocycles. The zero-order chi connectivity index (χ0) is 9.03. The van der Waals surface area contributed by atoms with E-state index in [0.717, 1.165) is 5.25 Å². The average molecular weight is 188 g/mol. The molecule has 0 radical (unpaired) electrons. The van der Waals surface area contributed by atoms with E-state index >= 15 is 0 Å². The van der Waals surface area contributed by atoms with E-state index in [1.165, 1.54) is 25.7 Å². The molecule has 1 aliphatic rings. The molecule has 0 spiro atoms. The lowest BCUT2D eigenvalue weighted by Gasteiger charge is -2.41. The van der Waals surface area contributed by atoms with Crippen LogP contribution >= 0.6 is 10.0 Å². The fraction of sp³-hybridized carbons (Fsp3) is 1.00. The molecule has 74 valence electrons. The Bertz CT molecular complexity index is 125. The van der Waals surface area contributed by atoms with Gasteiger partial charge in [-0.1, -0.05) is 20.8 Å². The predicted octanol–water partition coefficient (Wildman–Crippen LogP) is 3.79. The molecule has 1 atom stereocenters. The summed E-state index contributed by atoms with van der Waals surface area (Å²) < 4.78 is 0. The van der Waals surface area contributed by atoms with Crippen LogP contribution in [0.4, 0.5) is 0 Å². The van der Waals surface area contributed by atoms with Crippen LogP contribution in [0, 0.1) is 0 Å². The van der Waals surface area contributed by atoms with Crippen LogP contribution in [0.1, 0.15) is 46.5 Å². The van der Waals surface area contributed by atoms with Gasteiger partial charge in [-0.3, -0.25) is 0 Å². The highest BCUT2D eigenvalue weighted by Crippen LogP contribution is 2.58. The lowest BCUT2D eigenvalue weighted by Crippen LogP contribution is -2.19. The summed E-state index contributed by atoms with van der Waals surface area (Å²) in [5.74, 6) is 4.74. The normalized spacial score (nSPS) is 26.9. The molecule has 1 rings (SSSR count). The molecule has 0 amide bonds. The second-order valence-corrected chi connectivity index (χ2v) is 8.40. The molecule has 1 heteroatoms. The van der Waals surface area contributed by atoms with Crippen molar-refractivity contribution in [1.29, 1.82) is 0 Å². The van der Waals surface area contributed by atoms with Crippen molar-refractivity contribution in [3.63, 3.8) is 0 Å². The van der Waals surface area contributed by atoms with Crippen molar-refractivity contribution in [3.8, 4) is 0 Å². The topological polar surface area (TPSA) is 0 Å². The number of hydrogen-bond acceptors (Lipinski definition) is 0. The van der Waals surface area contributed by atoms with Crippen LogP contribution in [0.5, 0.6) is 0 Å². The summed E-state index contributed by atoms with van der Waals surface area (Å²) >= 11 is 0. The van der Waals surface area contributed by atoms with E-state index in [1.54, 1.807) is 17.3 Å². The quantitative estimate of drug-likeness (QED) is 0.629. The van der Waals surface area contributed by atoms with Crippen LogP contribution in [0.2, 0.25) is 0 Å². The Morgan fingerprint density at radius 2 is 1.75 bits per heavy atom. The first kappa shape index (κ1) is 10.4. The standard InChI is InChI=1S/C11H24S/c1-4-8-12(11(3)5-2)9-6-7-10-12/h11H,4-10H2,1-3H3. The van der Waals surface area contributed by atoms with E-state index in [9.17, 15) is 0 Å². The number of hydrogen-bond donors (Lipinski definition) is 0. The molecular formula is C11H24S. The first-order valence-electron chi connectivity index (χ1n) is 5.50. The third-order valence-corrected chi connectivity index (χ3v) is 8.86. The van der Waals surface area contributed by atoms with Gasteiger partial charge in [-0.2, -0.15) is 0 Å². The van der Waals surface area contributed by atoms with Gasteiger partial charge in [0.1, 0.15) is 0 Å². The van der Waals surface area contributed by atoms with Crippen LogP contribution in [0.15, 0.2) is 0 Å². The molecule has 1 aliphatic heterocycles. The second kappa shape index (κ2) is 4.55. The van der Waals surface area contributed by atoms with E-state index in [2.05, 4.69) is 20.8 Å². The van der Waals surface area contributed by atoms with Crippen molar-refractivity contribution in [2.75, 3.05) is 17.3 Å². The third kappa shape index (κ3) is 1.99. The van der Waals surface area contributed by atoms with E-state index < -0.39 is 0 Å². The summed E-state index contributed by atoms with van der Waals surface area (Å²) in [4.78, 5) is 0. The van der Waals surface area contributed by atoms with Crippen LogP contribution in [-0.2, 0) is 0 Å². The summed E-state index contributed by atoms with van der Waals surface area (Å²) in [6.07, 6.45) is 5.88. The van der Waals surface area contributed by atoms with E-state index in [1.807, 2.05) is 0 Å². The summed E-state index contributed by atoms with van der Waals surface area (Å²) in [5.41, 5.74) is 0. The summed E-state index contributed by atoms with van der Waals surface area (Å²) in [6.45, 7) is 7.22. The van der Waals surface area contributed by atoms with Gasteiger partial charge in [0, 0.05) is 0 Å². The van der Waals surface area contributed by atoms with E-state index in [0.29, 0.717) is 0 Å². The minimum Gasteiger partial charge on any atom is -0.238 e. The maximum absolute atomic E-state index is 2.50. The van der Waals surface area contributed by atoms with Gasteiger partial charge in [-0.15, -0.1) is 0 Å². The van der Waals surface area contributed by atoms with Gasteiger partial charge < -0.3 is 0 Å². The summed E-state index contributed by atoms with van der Waals surface area (Å²) in [6, 6.07) is 0. The molecular weight excluding hydrogens is 164 g/mol. The molecule has 1 unspecified atom stereocenters. The molecule has 1 fully saturated rings. The fourth-order valence-electron chi connectivity index (χ4n) is 2.45. The molecule has 0 N–H and O–H groups in total. The SMILES string of the molecule is CCCS1(C(C)CC)CCCC1. The highest BCUT2D eigenvalue weighted by molar-refractivity contribution is 8.34. The molecule has 0 nitrogen and oxygen atoms in total. The van der Waals surface area contributed by atoms with Crippen LogP contribution in [0.3, 0.4) is 0 Å². The first-order valence-corrected chi connectivity index (χ1v) is 7.70. The Labute approximate surface area is 79.4 Å². The van der Waals surface area contributed by atoms with Gasteiger partial charge in [0.05, 0.1) is 0 Å². The van der Waals surface area contributed by atoms with Gasteiger partial charge in [0.25, 0.3) is 0 Å². The Kier molecular flexibility index (Phi) is 3.95. The van der Waals surface area contributed by atoms with Crippen molar-refractivity contribution in [2.24, 2.45) is 0 Å². The maximum atomic E-state index is 2.50. The number of rotatable bonds is 4. The smallest absolute Gasteiger partial charge is 0.0143 e. The fourth-order valence-corrected chi connectivity index (χ4v) is 7.35. The molecule has 0 aromatic carbocycles. The molecule has 0 bridgehead atoms. The lowest BCUT2D eigenvalue weighted by atomic mass is 10.4. The van der Waals surface area contributed by atoms with E-state index in [4.69, 9.17) is 0 Å². The largest absolute Gasteiger partial charge is 0.238 e. The Morgan fingerprint density at radius 3 is 2.17 bits per heavy atom. The van der Waals surface area contributed by atoms with Crippen LogP contribution in [0.25, 0.3) is 0 Å². The molecule has 0 aliphatic carbocycles. The van der Waals surface area contributed by atoms with E-state index in [-0.39, 0.29) is 10.0 Å². The second-order valence-electron chi connectivity index (χ2n) is 4.15. The molecule has 12 heavy (non-hydrogen) atoms. The monoisotopic (exact) mass is 188 g/mol. The summed E-state index contributed by atoms with van der Waals surface area (Å²) in [7, 11) is -0.140. The maximum Gasteiger partial charge on any atom is -0.0143 e. The van der Waals surface area contributed by atoms with Crippen molar-refractivity contribution in [2.45, 2.75) is 51.7 Å². The van der Waals surface area contributed by atoms with Crippen molar-refractivity contribution < 1.29 is 0 Å². The Balaban J connectivity index is 2.57. The van der Waals surface area contributed by atoms with Gasteiger partial charge in [-0.05, 0) is 48.2 Å². The third-order valence-electron chi connectivity index (χ3n) is 3.39. The molecule has 0 aromatic heterocycles.